The number of aliphatic imine (C=N–C) groups is 1. The van der Waals surface area contributed by atoms with Crippen LogP contribution in [0, 0.1) is 11.8 Å². The third-order valence-electron chi connectivity index (χ3n) is 12.4. The van der Waals surface area contributed by atoms with Gasteiger partial charge in [-0.1, -0.05) is 62.4 Å². The van der Waals surface area contributed by atoms with Crippen LogP contribution in [0.4, 0.5) is 9.59 Å². The number of alkyl carbamates (subject to hydrolysis) is 1. The molecule has 4 N–H and O–H groups in total. The largest absolute Gasteiger partial charge is 0.453 e. The summed E-state index contributed by atoms with van der Waals surface area (Å²) in [7, 11) is 2.56. The van der Waals surface area contributed by atoms with Crippen molar-refractivity contribution in [1.82, 2.24) is 35.7 Å². The molecule has 4 aromatic rings. The number of nitrogens with one attached hydrogen (secondary N) is 4. The molecule has 336 valence electrons. The molecule has 15 heteroatoms. The summed E-state index contributed by atoms with van der Waals surface area (Å²) in [5.41, 5.74) is 4.71. The van der Waals surface area contributed by atoms with Gasteiger partial charge < -0.3 is 34.3 Å². The fourth-order valence-corrected chi connectivity index (χ4v) is 9.20. The molecule has 3 aliphatic heterocycles. The van der Waals surface area contributed by atoms with Crippen LogP contribution in [0.1, 0.15) is 90.7 Å². The van der Waals surface area contributed by atoms with Crippen molar-refractivity contribution in [2.75, 3.05) is 33.9 Å². The van der Waals surface area contributed by atoms with E-state index in [2.05, 4.69) is 86.6 Å². The predicted molar refractivity (Wildman–Crippen MR) is 242 cm³/mol. The van der Waals surface area contributed by atoms with E-state index in [-0.39, 0.29) is 42.0 Å². The van der Waals surface area contributed by atoms with Crippen molar-refractivity contribution in [3.05, 3.63) is 78.2 Å². The average molecular weight is 863 g/mol. The zero-order valence-corrected chi connectivity index (χ0v) is 37.6. The van der Waals surface area contributed by atoms with E-state index in [1.54, 1.807) is 0 Å². The van der Waals surface area contributed by atoms with E-state index >= 15 is 0 Å². The van der Waals surface area contributed by atoms with Gasteiger partial charge in [-0.15, -0.1) is 0 Å². The number of aromatic nitrogens is 2. The minimum atomic E-state index is -0.783. The standard InChI is InChI=1S/C48H62N8O7/c1-28(2)41(54-47(60)62-8)45(58)56-22-10-12-40(56)43-50-27-38(53-43)35-20-19-33-23-32(17-18-34(33)24-35)30-13-15-31(16-14-30)37-26-49-42(52-37)39-11-9-21-55(39)44(57)36(25-51-46(59)61-7)29(3)63-48(4,5)6/h13-20,23-26,28-29,36,38-41,43,50,53H,9-12,21-22,27H2,1-8H3,(H,49,52)(H,54,60). The van der Waals surface area contributed by atoms with E-state index in [0.29, 0.717) is 18.9 Å². The molecule has 1 aromatic heterocycles. The highest BCUT2D eigenvalue weighted by Crippen LogP contribution is 2.35. The molecular formula is C48H62N8O7. The molecule has 4 heterocycles. The molecule has 0 saturated carbocycles. The number of nitrogens with zero attached hydrogens (tertiary/aromatic N) is 4. The maximum atomic E-state index is 14.0. The van der Waals surface area contributed by atoms with Crippen molar-refractivity contribution in [2.24, 2.45) is 16.8 Å². The van der Waals surface area contributed by atoms with Crippen molar-refractivity contribution in [1.29, 1.82) is 0 Å². The average Bonchev–Trinajstić information content (AvgIpc) is 4.11. The molecule has 4 amide bonds. The molecule has 15 nitrogen and oxygen atoms in total. The number of amides is 4. The number of carbonyl (C=O) groups is 4. The van der Waals surface area contributed by atoms with Crippen molar-refractivity contribution in [2.45, 2.75) is 109 Å². The SMILES string of the molecule is COC(=O)N=CC(C(=O)N1CCCC1c1ncc(-c2ccc(-c3ccc4cc(C5CNC(C6CCCN6C(=O)C(NC(=O)OC)C(C)C)N5)ccc4c3)cc2)[nH]1)C(C)OC(C)(C)C. The van der Waals surface area contributed by atoms with Crippen LogP contribution < -0.4 is 16.0 Å². The van der Waals surface area contributed by atoms with Gasteiger partial charge in [-0.3, -0.25) is 20.2 Å². The summed E-state index contributed by atoms with van der Waals surface area (Å²) >= 11 is 0. The number of benzene rings is 3. The first-order valence-corrected chi connectivity index (χ1v) is 22.1. The second-order valence-corrected chi connectivity index (χ2v) is 18.2. The number of hydrogen-bond acceptors (Lipinski definition) is 10. The Hall–Kier alpha value is -5.64. The van der Waals surface area contributed by atoms with E-state index < -0.39 is 35.9 Å². The Morgan fingerprint density at radius 2 is 1.54 bits per heavy atom. The summed E-state index contributed by atoms with van der Waals surface area (Å²) in [6.45, 7) is 13.4. The lowest BCUT2D eigenvalue weighted by Gasteiger charge is -2.33. The summed E-state index contributed by atoms with van der Waals surface area (Å²) < 4.78 is 15.6. The topological polar surface area (TPSA) is 180 Å². The normalized spacial score (nSPS) is 21.9. The number of aromatic amines is 1. The number of carbonyl (C=O) groups excluding carboxylic acids is 4. The van der Waals surface area contributed by atoms with Crippen LogP contribution in [0.5, 0.6) is 0 Å². The van der Waals surface area contributed by atoms with Gasteiger partial charge >= 0.3 is 12.2 Å². The van der Waals surface area contributed by atoms with E-state index in [9.17, 15) is 19.2 Å². The third kappa shape index (κ3) is 10.4. The van der Waals surface area contributed by atoms with Crippen LogP contribution in [-0.2, 0) is 23.8 Å². The number of likely N-dealkylation sites (tertiary alicyclic amines) is 2. The van der Waals surface area contributed by atoms with Crippen LogP contribution in [0.25, 0.3) is 33.2 Å². The molecule has 7 unspecified atom stereocenters. The number of hydrogen-bond donors (Lipinski definition) is 4. The van der Waals surface area contributed by atoms with E-state index in [4.69, 9.17) is 19.2 Å². The van der Waals surface area contributed by atoms with Crippen molar-refractivity contribution in [3.63, 3.8) is 0 Å². The van der Waals surface area contributed by atoms with Crippen LogP contribution in [0.15, 0.2) is 71.9 Å². The summed E-state index contributed by atoms with van der Waals surface area (Å²) in [5.74, 6) is -0.404. The lowest BCUT2D eigenvalue weighted by Crippen LogP contribution is -2.57. The first kappa shape index (κ1) is 45.4. The molecule has 3 aliphatic rings. The van der Waals surface area contributed by atoms with Gasteiger partial charge in [-0.2, -0.15) is 4.99 Å². The summed E-state index contributed by atoms with van der Waals surface area (Å²) in [6, 6.07) is 20.6. The van der Waals surface area contributed by atoms with Crippen LogP contribution in [0.2, 0.25) is 0 Å². The Labute approximate surface area is 369 Å². The molecule has 3 fully saturated rings. The number of ether oxygens (including phenoxy) is 3. The molecule has 7 rings (SSSR count). The zero-order chi connectivity index (χ0) is 45.0. The quantitative estimate of drug-likeness (QED) is 0.107. The van der Waals surface area contributed by atoms with Crippen LogP contribution in [-0.4, -0.2) is 114 Å². The monoisotopic (exact) mass is 862 g/mol. The molecule has 0 radical (unpaired) electrons. The first-order chi connectivity index (χ1) is 30.1. The van der Waals surface area contributed by atoms with Crippen molar-refractivity contribution < 1.29 is 33.4 Å². The van der Waals surface area contributed by atoms with Gasteiger partial charge in [0.2, 0.25) is 11.8 Å². The number of imidazole rings is 1. The van der Waals surface area contributed by atoms with Gasteiger partial charge in [-0.25, -0.2) is 14.6 Å². The second-order valence-electron chi connectivity index (χ2n) is 18.2. The Morgan fingerprint density at radius 1 is 0.857 bits per heavy atom. The minimum Gasteiger partial charge on any atom is -0.453 e. The Kier molecular flexibility index (Phi) is 14.0. The smallest absolute Gasteiger partial charge is 0.432 e. The maximum Gasteiger partial charge on any atom is 0.432 e. The Bertz CT molecular complexity index is 2300. The first-order valence-electron chi connectivity index (χ1n) is 22.1. The van der Waals surface area contributed by atoms with E-state index in [1.807, 2.05) is 57.5 Å². The van der Waals surface area contributed by atoms with Crippen molar-refractivity contribution in [3.8, 4) is 22.4 Å². The highest BCUT2D eigenvalue weighted by molar-refractivity contribution is 5.97. The predicted octanol–water partition coefficient (Wildman–Crippen LogP) is 7.15. The molecule has 0 bridgehead atoms. The Balaban J connectivity index is 0.997. The minimum absolute atomic E-state index is 0.0234. The third-order valence-corrected chi connectivity index (χ3v) is 12.4. The molecule has 3 aromatic carbocycles. The fourth-order valence-electron chi connectivity index (χ4n) is 9.20. The summed E-state index contributed by atoms with van der Waals surface area (Å²) in [6.07, 6.45) is 4.55. The molecule has 0 aliphatic carbocycles. The van der Waals surface area contributed by atoms with Gasteiger partial charge in [0.05, 0.1) is 62.0 Å². The second kappa shape index (κ2) is 19.4. The number of methoxy groups -OCH3 is 2. The lowest BCUT2D eigenvalue weighted by atomic mass is 9.97. The van der Waals surface area contributed by atoms with Gasteiger partial charge in [-0.05, 0) is 104 Å². The number of H-pyrrole nitrogens is 1. The molecule has 63 heavy (non-hydrogen) atoms. The Morgan fingerprint density at radius 3 is 2.25 bits per heavy atom. The number of fused-ring (bicyclic) bond motifs is 1. The highest BCUT2D eigenvalue weighted by Gasteiger charge is 2.42. The molecule has 0 spiro atoms. The van der Waals surface area contributed by atoms with Crippen molar-refractivity contribution >= 4 is 41.0 Å². The lowest BCUT2D eigenvalue weighted by molar-refractivity contribution is -0.142. The molecule has 3 saturated heterocycles. The molecular weight excluding hydrogens is 801 g/mol. The zero-order valence-electron chi connectivity index (χ0n) is 37.6. The maximum absolute atomic E-state index is 14.0. The fraction of sp³-hybridized carbons (Fsp3) is 0.500. The van der Waals surface area contributed by atoms with Crippen LogP contribution >= 0.6 is 0 Å². The molecule has 7 atom stereocenters. The summed E-state index contributed by atoms with van der Waals surface area (Å²) in [5, 5.41) is 12.4. The van der Waals surface area contributed by atoms with E-state index in [1.165, 1.54) is 26.0 Å². The number of rotatable bonds is 12. The summed E-state index contributed by atoms with van der Waals surface area (Å²) in [4.78, 5) is 67.4. The van der Waals surface area contributed by atoms with Gasteiger partial charge in [0.1, 0.15) is 11.9 Å². The van der Waals surface area contributed by atoms with Crippen LogP contribution in [0.3, 0.4) is 0 Å². The van der Waals surface area contributed by atoms with E-state index in [0.717, 1.165) is 65.4 Å². The van der Waals surface area contributed by atoms with Gasteiger partial charge in [0.25, 0.3) is 0 Å². The van der Waals surface area contributed by atoms with Gasteiger partial charge in [0, 0.05) is 31.9 Å². The van der Waals surface area contributed by atoms with Gasteiger partial charge in [0.15, 0.2) is 0 Å². The highest BCUT2D eigenvalue weighted by atomic mass is 16.5.